The van der Waals surface area contributed by atoms with Crippen LogP contribution in [-0.4, -0.2) is 28.6 Å². The molecular formula is C11H13NO3S. The lowest BCUT2D eigenvalue weighted by Gasteiger charge is -2.11. The van der Waals surface area contributed by atoms with Crippen LogP contribution in [0, 0.1) is 0 Å². The third kappa shape index (κ3) is 3.66. The summed E-state index contributed by atoms with van der Waals surface area (Å²) in [4.78, 5) is 26.9. The molecule has 0 N–H and O–H groups in total. The monoisotopic (exact) mass is 239 g/mol. The predicted octanol–water partition coefficient (Wildman–Crippen LogP) is 1.69. The minimum Gasteiger partial charge on any atom is -0.465 e. The van der Waals surface area contributed by atoms with E-state index in [-0.39, 0.29) is 12.4 Å². The number of carbonyl (C=O) groups is 2. The molecule has 5 heteroatoms. The number of carbonyl (C=O) groups excluding carboxylic acids is 2. The van der Waals surface area contributed by atoms with E-state index in [1.807, 2.05) is 0 Å². The summed E-state index contributed by atoms with van der Waals surface area (Å²) in [5.41, 5.74) is 0. The van der Waals surface area contributed by atoms with Crippen molar-refractivity contribution in [2.45, 2.75) is 24.1 Å². The zero-order valence-corrected chi connectivity index (χ0v) is 9.99. The zero-order chi connectivity index (χ0) is 12.0. The molecule has 0 saturated heterocycles. The summed E-state index contributed by atoms with van der Waals surface area (Å²) in [6.45, 7) is 3.35. The number of esters is 1. The summed E-state index contributed by atoms with van der Waals surface area (Å²) in [6.07, 6.45) is 1.62. The second-order valence-corrected chi connectivity index (χ2v) is 4.15. The van der Waals surface area contributed by atoms with Crippen LogP contribution in [0.3, 0.4) is 0 Å². The van der Waals surface area contributed by atoms with Crippen molar-refractivity contribution in [3.05, 3.63) is 24.4 Å². The average Bonchev–Trinajstić information content (AvgIpc) is 2.27. The van der Waals surface area contributed by atoms with Crippen LogP contribution in [0.15, 0.2) is 29.4 Å². The number of hydrogen-bond acceptors (Lipinski definition) is 5. The Hall–Kier alpha value is -1.36. The highest BCUT2D eigenvalue weighted by atomic mass is 32.2. The second kappa shape index (κ2) is 6.27. The summed E-state index contributed by atoms with van der Waals surface area (Å²) in [6, 6.07) is 5.33. The fraction of sp³-hybridized carbons (Fsp3) is 0.364. The van der Waals surface area contributed by atoms with E-state index in [2.05, 4.69) is 4.98 Å². The van der Waals surface area contributed by atoms with Gasteiger partial charge in [0.1, 0.15) is 0 Å². The van der Waals surface area contributed by atoms with Gasteiger partial charge in [0.2, 0.25) is 0 Å². The first-order chi connectivity index (χ1) is 7.65. The molecule has 1 unspecified atom stereocenters. The van der Waals surface area contributed by atoms with E-state index in [1.54, 1.807) is 31.3 Å². The van der Waals surface area contributed by atoms with Gasteiger partial charge >= 0.3 is 5.97 Å². The fourth-order valence-corrected chi connectivity index (χ4v) is 1.90. The van der Waals surface area contributed by atoms with Crippen LogP contribution in [0.2, 0.25) is 0 Å². The van der Waals surface area contributed by atoms with E-state index in [9.17, 15) is 9.59 Å². The molecule has 86 valence electrons. The lowest BCUT2D eigenvalue weighted by atomic mass is 10.3. The van der Waals surface area contributed by atoms with Crippen LogP contribution in [0.5, 0.6) is 0 Å². The Morgan fingerprint density at radius 2 is 2.25 bits per heavy atom. The van der Waals surface area contributed by atoms with Gasteiger partial charge in [-0.1, -0.05) is 17.8 Å². The molecule has 1 rings (SSSR count). The smallest absolute Gasteiger partial charge is 0.327 e. The Bertz CT molecular complexity index is 367. The number of rotatable bonds is 5. The van der Waals surface area contributed by atoms with Crippen molar-refractivity contribution < 1.29 is 14.3 Å². The van der Waals surface area contributed by atoms with E-state index in [1.165, 1.54) is 6.92 Å². The molecule has 0 aromatic carbocycles. The van der Waals surface area contributed by atoms with Gasteiger partial charge < -0.3 is 4.74 Å². The molecule has 0 amide bonds. The summed E-state index contributed by atoms with van der Waals surface area (Å²) in [7, 11) is 0. The number of aromatic nitrogens is 1. The maximum atomic E-state index is 11.5. The molecule has 1 aromatic rings. The maximum Gasteiger partial charge on any atom is 0.327 e. The van der Waals surface area contributed by atoms with Crippen LogP contribution in [0.4, 0.5) is 0 Å². The second-order valence-electron chi connectivity index (χ2n) is 3.03. The number of Topliss-reactive ketones (excluding diaryl/α,β-unsaturated/α-hetero) is 1. The van der Waals surface area contributed by atoms with Crippen molar-refractivity contribution in [2.75, 3.05) is 6.61 Å². The molecule has 1 aromatic heterocycles. The van der Waals surface area contributed by atoms with Crippen molar-refractivity contribution in [1.82, 2.24) is 4.98 Å². The lowest BCUT2D eigenvalue weighted by molar-refractivity contribution is -0.144. The molecule has 1 heterocycles. The predicted molar refractivity (Wildman–Crippen MR) is 61.2 cm³/mol. The van der Waals surface area contributed by atoms with Gasteiger partial charge in [0.05, 0.1) is 11.6 Å². The Labute approximate surface area is 98.4 Å². The highest BCUT2D eigenvalue weighted by Gasteiger charge is 2.26. The minimum absolute atomic E-state index is 0.228. The molecule has 0 saturated carbocycles. The molecule has 1 atom stereocenters. The number of pyridine rings is 1. The summed E-state index contributed by atoms with van der Waals surface area (Å²) < 4.78 is 4.83. The summed E-state index contributed by atoms with van der Waals surface area (Å²) in [5.74, 6) is -0.736. The van der Waals surface area contributed by atoms with E-state index in [0.717, 1.165) is 11.8 Å². The van der Waals surface area contributed by atoms with Crippen molar-refractivity contribution >= 4 is 23.5 Å². The van der Waals surface area contributed by atoms with E-state index in [0.29, 0.717) is 5.03 Å². The Balaban J connectivity index is 2.73. The van der Waals surface area contributed by atoms with Gasteiger partial charge in [-0.3, -0.25) is 9.59 Å². The Morgan fingerprint density at radius 1 is 1.50 bits per heavy atom. The van der Waals surface area contributed by atoms with Gasteiger partial charge in [-0.25, -0.2) is 4.98 Å². The third-order valence-corrected chi connectivity index (χ3v) is 2.99. The molecule has 4 nitrogen and oxygen atoms in total. The van der Waals surface area contributed by atoms with Gasteiger partial charge in [0.25, 0.3) is 0 Å². The normalized spacial score (nSPS) is 11.9. The summed E-state index contributed by atoms with van der Waals surface area (Å²) in [5, 5.41) is -0.189. The fourth-order valence-electron chi connectivity index (χ4n) is 1.05. The average molecular weight is 239 g/mol. The first-order valence-electron chi connectivity index (χ1n) is 4.90. The molecule has 0 bridgehead atoms. The van der Waals surface area contributed by atoms with Crippen molar-refractivity contribution in [2.24, 2.45) is 0 Å². The maximum absolute atomic E-state index is 11.5. The van der Waals surface area contributed by atoms with E-state index < -0.39 is 11.2 Å². The van der Waals surface area contributed by atoms with E-state index >= 15 is 0 Å². The number of hydrogen-bond donors (Lipinski definition) is 0. The van der Waals surface area contributed by atoms with Gasteiger partial charge in [-0.05, 0) is 26.0 Å². The van der Waals surface area contributed by atoms with Crippen LogP contribution in [0.1, 0.15) is 13.8 Å². The molecule has 0 fully saturated rings. The molecular weight excluding hydrogens is 226 g/mol. The summed E-state index contributed by atoms with van der Waals surface area (Å²) >= 11 is 1.11. The lowest BCUT2D eigenvalue weighted by Crippen LogP contribution is -2.27. The highest BCUT2D eigenvalue weighted by Crippen LogP contribution is 2.22. The van der Waals surface area contributed by atoms with Gasteiger partial charge in [-0.15, -0.1) is 0 Å². The molecule has 0 aliphatic rings. The first-order valence-corrected chi connectivity index (χ1v) is 5.78. The molecule has 0 aliphatic heterocycles. The number of thioether (sulfide) groups is 1. The Morgan fingerprint density at radius 3 is 2.75 bits per heavy atom. The van der Waals surface area contributed by atoms with Crippen LogP contribution >= 0.6 is 11.8 Å². The van der Waals surface area contributed by atoms with Crippen molar-refractivity contribution in [1.29, 1.82) is 0 Å². The largest absolute Gasteiger partial charge is 0.465 e. The Kier molecular flexibility index (Phi) is 4.98. The van der Waals surface area contributed by atoms with Crippen molar-refractivity contribution in [3.63, 3.8) is 0 Å². The van der Waals surface area contributed by atoms with Gasteiger partial charge in [0.15, 0.2) is 11.0 Å². The van der Waals surface area contributed by atoms with Crippen LogP contribution in [0.25, 0.3) is 0 Å². The molecule has 0 aliphatic carbocycles. The van der Waals surface area contributed by atoms with Gasteiger partial charge in [0, 0.05) is 6.20 Å². The van der Waals surface area contributed by atoms with E-state index in [4.69, 9.17) is 4.74 Å². The third-order valence-electron chi connectivity index (χ3n) is 1.75. The minimum atomic E-state index is -0.824. The topological polar surface area (TPSA) is 56.3 Å². The quantitative estimate of drug-likeness (QED) is 0.444. The molecule has 0 radical (unpaired) electrons. The van der Waals surface area contributed by atoms with Crippen LogP contribution < -0.4 is 0 Å². The highest BCUT2D eigenvalue weighted by molar-refractivity contribution is 8.01. The standard InChI is InChI=1S/C11H13NO3S/c1-3-15-11(14)10(8(2)13)16-9-6-4-5-7-12-9/h4-7,10H,3H2,1-2H3. The van der Waals surface area contributed by atoms with Gasteiger partial charge in [-0.2, -0.15) is 0 Å². The number of ketones is 1. The first kappa shape index (κ1) is 12.7. The van der Waals surface area contributed by atoms with Crippen molar-refractivity contribution in [3.8, 4) is 0 Å². The zero-order valence-electron chi connectivity index (χ0n) is 9.17. The van der Waals surface area contributed by atoms with Crippen LogP contribution in [-0.2, 0) is 14.3 Å². The SMILES string of the molecule is CCOC(=O)C(Sc1ccccn1)C(C)=O. The number of nitrogens with zero attached hydrogens (tertiary/aromatic N) is 1. The number of ether oxygens (including phenoxy) is 1. The molecule has 16 heavy (non-hydrogen) atoms. The molecule has 0 spiro atoms.